The SMILES string of the molecule is CCCC(CCCCOC#N)CC1CCC(OC#N)CC1. The first-order valence-electron chi connectivity index (χ1n) is 8.35. The minimum Gasteiger partial charge on any atom is -0.428 e. The lowest BCUT2D eigenvalue weighted by Crippen LogP contribution is -2.22. The average Bonchev–Trinajstić information content (AvgIpc) is 2.49. The predicted molar refractivity (Wildman–Crippen MR) is 80.9 cm³/mol. The third kappa shape index (κ3) is 7.81. The lowest BCUT2D eigenvalue weighted by Gasteiger charge is -2.29. The number of hydrogen-bond donors (Lipinski definition) is 0. The van der Waals surface area contributed by atoms with E-state index in [1.165, 1.54) is 38.5 Å². The fraction of sp³-hybridized carbons (Fsp3) is 0.882. The molecule has 0 aliphatic heterocycles. The molecule has 0 aromatic carbocycles. The van der Waals surface area contributed by atoms with Gasteiger partial charge in [0.2, 0.25) is 0 Å². The Morgan fingerprint density at radius 2 is 1.81 bits per heavy atom. The highest BCUT2D eigenvalue weighted by Gasteiger charge is 2.24. The molecule has 1 unspecified atom stereocenters. The second-order valence-electron chi connectivity index (χ2n) is 6.18. The van der Waals surface area contributed by atoms with Crippen molar-refractivity contribution in [2.24, 2.45) is 11.8 Å². The van der Waals surface area contributed by atoms with Crippen LogP contribution in [0.5, 0.6) is 0 Å². The van der Waals surface area contributed by atoms with E-state index in [2.05, 4.69) is 6.92 Å². The van der Waals surface area contributed by atoms with Crippen LogP contribution in [0.4, 0.5) is 0 Å². The van der Waals surface area contributed by atoms with Crippen LogP contribution in [0, 0.1) is 34.9 Å². The van der Waals surface area contributed by atoms with E-state index in [-0.39, 0.29) is 6.10 Å². The monoisotopic (exact) mass is 292 g/mol. The molecule has 0 amide bonds. The summed E-state index contributed by atoms with van der Waals surface area (Å²) in [6.07, 6.45) is 15.4. The zero-order valence-corrected chi connectivity index (χ0v) is 13.2. The zero-order chi connectivity index (χ0) is 15.3. The highest BCUT2D eigenvalue weighted by atomic mass is 16.5. The Morgan fingerprint density at radius 3 is 2.43 bits per heavy atom. The molecule has 21 heavy (non-hydrogen) atoms. The Balaban J connectivity index is 2.21. The van der Waals surface area contributed by atoms with Gasteiger partial charge in [0.05, 0.1) is 0 Å². The molecule has 0 aromatic heterocycles. The van der Waals surface area contributed by atoms with E-state index in [0.717, 1.165) is 37.5 Å². The van der Waals surface area contributed by atoms with Gasteiger partial charge in [-0.15, -0.1) is 0 Å². The molecule has 0 bridgehead atoms. The van der Waals surface area contributed by atoms with Crippen LogP contribution in [0.3, 0.4) is 0 Å². The predicted octanol–water partition coefficient (Wildman–Crippen LogP) is 4.52. The second-order valence-corrected chi connectivity index (χ2v) is 6.18. The molecule has 118 valence electrons. The third-order valence-corrected chi connectivity index (χ3v) is 4.55. The van der Waals surface area contributed by atoms with Crippen molar-refractivity contribution in [1.29, 1.82) is 10.5 Å². The van der Waals surface area contributed by atoms with Crippen molar-refractivity contribution in [3.8, 4) is 12.5 Å². The lowest BCUT2D eigenvalue weighted by atomic mass is 9.79. The summed E-state index contributed by atoms with van der Waals surface area (Å²) < 4.78 is 9.78. The highest BCUT2D eigenvalue weighted by Crippen LogP contribution is 2.33. The summed E-state index contributed by atoms with van der Waals surface area (Å²) in [5.41, 5.74) is 0. The van der Waals surface area contributed by atoms with Gasteiger partial charge in [-0.1, -0.05) is 26.2 Å². The summed E-state index contributed by atoms with van der Waals surface area (Å²) >= 11 is 0. The molecular formula is C17H28N2O2. The lowest BCUT2D eigenvalue weighted by molar-refractivity contribution is 0.0929. The first-order valence-corrected chi connectivity index (χ1v) is 8.35. The van der Waals surface area contributed by atoms with E-state index in [1.807, 2.05) is 6.26 Å². The molecule has 1 atom stereocenters. The number of hydrogen-bond acceptors (Lipinski definition) is 4. The average molecular weight is 292 g/mol. The van der Waals surface area contributed by atoms with Gasteiger partial charge in [0.1, 0.15) is 12.7 Å². The quantitative estimate of drug-likeness (QED) is 0.438. The molecule has 4 heteroatoms. The van der Waals surface area contributed by atoms with Crippen molar-refractivity contribution in [1.82, 2.24) is 0 Å². The van der Waals surface area contributed by atoms with Gasteiger partial charge < -0.3 is 9.47 Å². The molecule has 1 rings (SSSR count). The smallest absolute Gasteiger partial charge is 0.286 e. The normalized spacial score (nSPS) is 22.8. The Labute approximate surface area is 129 Å². The van der Waals surface area contributed by atoms with E-state index < -0.39 is 0 Å². The summed E-state index contributed by atoms with van der Waals surface area (Å²) in [6, 6.07) is 0. The van der Waals surface area contributed by atoms with Crippen LogP contribution < -0.4 is 0 Å². The maximum Gasteiger partial charge on any atom is 0.286 e. The summed E-state index contributed by atoms with van der Waals surface area (Å²) in [5.74, 6) is 1.60. The van der Waals surface area contributed by atoms with Crippen molar-refractivity contribution < 1.29 is 9.47 Å². The van der Waals surface area contributed by atoms with Gasteiger partial charge in [-0.3, -0.25) is 0 Å². The van der Waals surface area contributed by atoms with Gasteiger partial charge in [0, 0.05) is 0 Å². The highest BCUT2D eigenvalue weighted by molar-refractivity contribution is 4.77. The Morgan fingerprint density at radius 1 is 1.05 bits per heavy atom. The van der Waals surface area contributed by atoms with Gasteiger partial charge in [0.25, 0.3) is 12.5 Å². The maximum atomic E-state index is 8.56. The van der Waals surface area contributed by atoms with Crippen molar-refractivity contribution in [3.63, 3.8) is 0 Å². The van der Waals surface area contributed by atoms with Gasteiger partial charge in [-0.25, -0.2) is 0 Å². The molecule has 0 heterocycles. The first-order chi connectivity index (χ1) is 10.3. The summed E-state index contributed by atoms with van der Waals surface area (Å²) in [4.78, 5) is 0. The summed E-state index contributed by atoms with van der Waals surface area (Å²) in [6.45, 7) is 2.81. The number of ether oxygens (including phenoxy) is 2. The molecule has 4 nitrogen and oxygen atoms in total. The van der Waals surface area contributed by atoms with E-state index in [9.17, 15) is 0 Å². The molecule has 1 aliphatic carbocycles. The summed E-state index contributed by atoms with van der Waals surface area (Å²) in [7, 11) is 0. The van der Waals surface area contributed by atoms with Gasteiger partial charge in [-0.2, -0.15) is 10.5 Å². The molecule has 1 aliphatic rings. The van der Waals surface area contributed by atoms with E-state index in [0.29, 0.717) is 6.61 Å². The van der Waals surface area contributed by atoms with Gasteiger partial charge >= 0.3 is 0 Å². The number of nitriles is 2. The number of rotatable bonds is 10. The first kappa shape index (κ1) is 17.6. The molecule has 0 N–H and O–H groups in total. The fourth-order valence-corrected chi connectivity index (χ4v) is 3.47. The zero-order valence-electron chi connectivity index (χ0n) is 13.2. The second kappa shape index (κ2) is 11.3. The van der Waals surface area contributed by atoms with Crippen LogP contribution in [-0.4, -0.2) is 12.7 Å². The van der Waals surface area contributed by atoms with Crippen LogP contribution >= 0.6 is 0 Å². The largest absolute Gasteiger partial charge is 0.428 e. The number of nitrogens with zero attached hydrogens (tertiary/aromatic N) is 2. The molecule has 1 saturated carbocycles. The van der Waals surface area contributed by atoms with Crippen LogP contribution in [0.1, 0.15) is 71.1 Å². The van der Waals surface area contributed by atoms with Crippen LogP contribution in [0.15, 0.2) is 0 Å². The van der Waals surface area contributed by atoms with Crippen LogP contribution in [-0.2, 0) is 9.47 Å². The van der Waals surface area contributed by atoms with Gasteiger partial charge in [0.15, 0.2) is 0 Å². The molecule has 1 fully saturated rings. The van der Waals surface area contributed by atoms with Crippen molar-refractivity contribution >= 4 is 0 Å². The summed E-state index contributed by atoms with van der Waals surface area (Å²) in [5, 5.41) is 16.9. The molecule has 0 spiro atoms. The third-order valence-electron chi connectivity index (χ3n) is 4.55. The fourth-order valence-electron chi connectivity index (χ4n) is 3.47. The van der Waals surface area contributed by atoms with Crippen LogP contribution in [0.2, 0.25) is 0 Å². The van der Waals surface area contributed by atoms with Crippen LogP contribution in [0.25, 0.3) is 0 Å². The van der Waals surface area contributed by atoms with Crippen molar-refractivity contribution in [2.45, 2.75) is 77.2 Å². The molecule has 0 radical (unpaired) electrons. The topological polar surface area (TPSA) is 66.0 Å². The minimum atomic E-state index is 0.166. The number of unbranched alkanes of at least 4 members (excludes halogenated alkanes) is 1. The Kier molecular flexibility index (Phi) is 9.46. The minimum absolute atomic E-state index is 0.166. The van der Waals surface area contributed by atoms with Gasteiger partial charge in [-0.05, 0) is 56.8 Å². The Bertz CT molecular complexity index is 338. The molecule has 0 saturated heterocycles. The Hall–Kier alpha value is -1.42. The standard InChI is InChI=1S/C17H28N2O2/c1-2-5-15(6-3-4-11-20-13-18)12-16-7-9-17(10-8-16)21-14-19/h15-17H,2-12H2,1H3. The van der Waals surface area contributed by atoms with E-state index in [4.69, 9.17) is 20.0 Å². The van der Waals surface area contributed by atoms with Crippen molar-refractivity contribution in [2.75, 3.05) is 6.61 Å². The molecular weight excluding hydrogens is 264 g/mol. The van der Waals surface area contributed by atoms with Crippen molar-refractivity contribution in [3.05, 3.63) is 0 Å². The maximum absolute atomic E-state index is 8.56. The van der Waals surface area contributed by atoms with E-state index in [1.54, 1.807) is 6.26 Å². The molecule has 0 aromatic rings. The van der Waals surface area contributed by atoms with E-state index >= 15 is 0 Å².